The Morgan fingerprint density at radius 2 is 2.09 bits per heavy atom. The lowest BCUT2D eigenvalue weighted by Crippen LogP contribution is -1.99. The number of hydrogen-bond donors (Lipinski definition) is 1. The fraction of sp³-hybridized carbons (Fsp3) is 0.267. The third-order valence-electron chi connectivity index (χ3n) is 3.31. The maximum absolute atomic E-state index is 9.20. The molecular weight excluding hydrogens is 300 g/mol. The molecule has 1 atom stereocenters. The van der Waals surface area contributed by atoms with Crippen LogP contribution in [0.25, 0.3) is 11.5 Å². The van der Waals surface area contributed by atoms with Crippen LogP contribution in [0.5, 0.6) is 0 Å². The van der Waals surface area contributed by atoms with E-state index in [2.05, 4.69) is 15.1 Å². The van der Waals surface area contributed by atoms with Crippen molar-refractivity contribution in [2.75, 3.05) is 0 Å². The second-order valence-electron chi connectivity index (χ2n) is 4.83. The van der Waals surface area contributed by atoms with Crippen LogP contribution in [0, 0.1) is 0 Å². The second-order valence-corrected chi connectivity index (χ2v) is 6.14. The van der Waals surface area contributed by atoms with E-state index < -0.39 is 0 Å². The van der Waals surface area contributed by atoms with Crippen molar-refractivity contribution < 1.29 is 9.63 Å². The smallest absolute Gasteiger partial charge is 0.257 e. The number of benzene rings is 1. The van der Waals surface area contributed by atoms with Crippen LogP contribution in [-0.2, 0) is 13.7 Å². The fourth-order valence-corrected chi connectivity index (χ4v) is 2.90. The van der Waals surface area contributed by atoms with Crippen LogP contribution < -0.4 is 0 Å². The third-order valence-corrected chi connectivity index (χ3v) is 4.47. The molecule has 0 radical (unpaired) electrons. The predicted molar refractivity (Wildman–Crippen MR) is 83.1 cm³/mol. The molecular formula is C15H16N4O2S. The number of aliphatic hydroxyl groups is 1. The summed E-state index contributed by atoms with van der Waals surface area (Å²) >= 11 is 1.52. The highest BCUT2D eigenvalue weighted by Crippen LogP contribution is 2.33. The normalized spacial score (nSPS) is 12.5. The Morgan fingerprint density at radius 1 is 1.32 bits per heavy atom. The maximum atomic E-state index is 9.20. The van der Waals surface area contributed by atoms with E-state index in [1.807, 2.05) is 48.9 Å². The molecule has 3 aromatic rings. The minimum atomic E-state index is -0.0290. The minimum Gasteiger partial charge on any atom is -0.390 e. The van der Waals surface area contributed by atoms with Gasteiger partial charge in [0.25, 0.3) is 5.89 Å². The summed E-state index contributed by atoms with van der Waals surface area (Å²) in [7, 11) is 1.87. The molecule has 2 heterocycles. The molecule has 0 unspecified atom stereocenters. The van der Waals surface area contributed by atoms with Crippen LogP contribution in [0.2, 0.25) is 0 Å². The highest BCUT2D eigenvalue weighted by molar-refractivity contribution is 7.99. The van der Waals surface area contributed by atoms with Gasteiger partial charge in [-0.15, -0.1) is 0 Å². The van der Waals surface area contributed by atoms with Crippen molar-refractivity contribution in [1.29, 1.82) is 0 Å². The lowest BCUT2D eigenvalue weighted by Gasteiger charge is -2.07. The van der Waals surface area contributed by atoms with Crippen molar-refractivity contribution in [1.82, 2.24) is 19.7 Å². The molecule has 0 amide bonds. The highest BCUT2D eigenvalue weighted by Gasteiger charge is 2.18. The van der Waals surface area contributed by atoms with Crippen molar-refractivity contribution in [3.05, 3.63) is 48.0 Å². The van der Waals surface area contributed by atoms with Crippen molar-refractivity contribution in [3.8, 4) is 11.5 Å². The van der Waals surface area contributed by atoms with Gasteiger partial charge in [-0.1, -0.05) is 35.1 Å². The Labute approximate surface area is 132 Å². The molecule has 1 aromatic carbocycles. The summed E-state index contributed by atoms with van der Waals surface area (Å²) in [6.45, 7) is 1.97. The van der Waals surface area contributed by atoms with E-state index >= 15 is 0 Å². The van der Waals surface area contributed by atoms with Crippen LogP contribution in [0.1, 0.15) is 23.7 Å². The first kappa shape index (κ1) is 14.8. The molecule has 0 saturated heterocycles. The Morgan fingerprint density at radius 3 is 2.77 bits per heavy atom. The summed E-state index contributed by atoms with van der Waals surface area (Å²) in [5.74, 6) is 1.14. The van der Waals surface area contributed by atoms with Gasteiger partial charge in [-0.2, -0.15) is 4.98 Å². The number of aromatic nitrogens is 4. The minimum absolute atomic E-state index is 0.00569. The molecule has 6 nitrogen and oxygen atoms in total. The van der Waals surface area contributed by atoms with Gasteiger partial charge in [-0.25, -0.2) is 4.98 Å². The number of nitrogens with zero attached hydrogens (tertiary/aromatic N) is 4. The van der Waals surface area contributed by atoms with Gasteiger partial charge in [0.15, 0.2) is 11.0 Å². The second kappa shape index (κ2) is 6.33. The number of rotatable bonds is 5. The van der Waals surface area contributed by atoms with Gasteiger partial charge in [0.1, 0.15) is 0 Å². The molecule has 0 aliphatic heterocycles. The summed E-state index contributed by atoms with van der Waals surface area (Å²) < 4.78 is 7.18. The van der Waals surface area contributed by atoms with Crippen LogP contribution in [-0.4, -0.2) is 24.8 Å². The van der Waals surface area contributed by atoms with Crippen LogP contribution >= 0.6 is 11.8 Å². The summed E-state index contributed by atoms with van der Waals surface area (Å²) in [5, 5.41) is 14.1. The zero-order valence-corrected chi connectivity index (χ0v) is 13.1. The monoisotopic (exact) mass is 316 g/mol. The fourth-order valence-electron chi connectivity index (χ4n) is 1.99. The Bertz CT molecular complexity index is 754. The molecule has 0 saturated carbocycles. The van der Waals surface area contributed by atoms with E-state index in [4.69, 9.17) is 4.52 Å². The van der Waals surface area contributed by atoms with E-state index in [1.54, 1.807) is 6.20 Å². The molecule has 0 aliphatic rings. The topological polar surface area (TPSA) is 77.0 Å². The first-order chi connectivity index (χ1) is 10.7. The van der Waals surface area contributed by atoms with Crippen LogP contribution in [0.3, 0.4) is 0 Å². The van der Waals surface area contributed by atoms with Gasteiger partial charge < -0.3 is 14.2 Å². The molecule has 0 fully saturated rings. The lowest BCUT2D eigenvalue weighted by atomic mass is 10.2. The predicted octanol–water partition coefficient (Wildman–Crippen LogP) is 2.82. The quantitative estimate of drug-likeness (QED) is 0.729. The van der Waals surface area contributed by atoms with Gasteiger partial charge in [-0.3, -0.25) is 0 Å². The van der Waals surface area contributed by atoms with E-state index in [-0.39, 0.29) is 11.9 Å². The van der Waals surface area contributed by atoms with Crippen LogP contribution in [0.4, 0.5) is 0 Å². The number of aliphatic hydroxyl groups excluding tert-OH is 1. The van der Waals surface area contributed by atoms with Crippen molar-refractivity contribution in [3.63, 3.8) is 0 Å². The van der Waals surface area contributed by atoms with Crippen molar-refractivity contribution in [2.24, 2.45) is 7.05 Å². The molecule has 3 rings (SSSR count). The molecule has 2 aromatic heterocycles. The number of hydrogen-bond acceptors (Lipinski definition) is 6. The molecule has 22 heavy (non-hydrogen) atoms. The average Bonchev–Trinajstić information content (AvgIpc) is 3.16. The standard InChI is InChI=1S/C15H16N4O2S/c1-10(22-15-16-8-12(9-20)19(15)2)13-17-14(21-18-13)11-6-4-3-5-7-11/h3-8,10,20H,9H2,1-2H3/t10-/m0/s1. The molecule has 114 valence electrons. The van der Waals surface area contributed by atoms with Gasteiger partial charge in [0.05, 0.1) is 23.7 Å². The zero-order valence-electron chi connectivity index (χ0n) is 12.3. The summed E-state index contributed by atoms with van der Waals surface area (Å²) in [4.78, 5) is 8.74. The summed E-state index contributed by atoms with van der Waals surface area (Å²) in [6, 6.07) is 9.67. The third kappa shape index (κ3) is 2.90. The van der Waals surface area contributed by atoms with Crippen molar-refractivity contribution in [2.45, 2.75) is 23.9 Å². The molecule has 1 N–H and O–H groups in total. The first-order valence-corrected chi connectivity index (χ1v) is 7.74. The van der Waals surface area contributed by atoms with Crippen LogP contribution in [0.15, 0.2) is 46.2 Å². The zero-order chi connectivity index (χ0) is 15.5. The van der Waals surface area contributed by atoms with E-state index in [0.29, 0.717) is 11.7 Å². The Balaban J connectivity index is 1.77. The van der Waals surface area contributed by atoms with Gasteiger partial charge >= 0.3 is 0 Å². The van der Waals surface area contributed by atoms with Gasteiger partial charge in [0, 0.05) is 12.6 Å². The summed E-state index contributed by atoms with van der Waals surface area (Å²) in [5.41, 5.74) is 1.67. The molecule has 0 bridgehead atoms. The average molecular weight is 316 g/mol. The molecule has 7 heteroatoms. The maximum Gasteiger partial charge on any atom is 0.257 e. The van der Waals surface area contributed by atoms with E-state index in [9.17, 15) is 5.11 Å². The highest BCUT2D eigenvalue weighted by atomic mass is 32.2. The lowest BCUT2D eigenvalue weighted by molar-refractivity contribution is 0.271. The SMILES string of the molecule is C[C@H](Sc1ncc(CO)n1C)c1noc(-c2ccccc2)n1. The first-order valence-electron chi connectivity index (χ1n) is 6.86. The van der Waals surface area contributed by atoms with Crippen molar-refractivity contribution >= 4 is 11.8 Å². The summed E-state index contributed by atoms with van der Waals surface area (Å²) in [6.07, 6.45) is 1.67. The van der Waals surface area contributed by atoms with E-state index in [1.165, 1.54) is 11.8 Å². The van der Waals surface area contributed by atoms with Gasteiger partial charge in [-0.05, 0) is 19.1 Å². The Kier molecular flexibility index (Phi) is 4.26. The molecule has 0 aliphatic carbocycles. The Hall–Kier alpha value is -2.12. The number of thioether (sulfide) groups is 1. The van der Waals surface area contributed by atoms with Gasteiger partial charge in [0.2, 0.25) is 0 Å². The van der Waals surface area contributed by atoms with E-state index in [0.717, 1.165) is 16.4 Å². The number of imidazole rings is 1. The largest absolute Gasteiger partial charge is 0.390 e. The molecule has 0 spiro atoms.